The van der Waals surface area contributed by atoms with Crippen LogP contribution in [0.5, 0.6) is 11.8 Å². The van der Waals surface area contributed by atoms with Crippen LogP contribution in [0, 0.1) is 5.41 Å². The first-order valence-electron chi connectivity index (χ1n) is 17.7. The number of aryl methyl sites for hydroxylation is 1. The molecule has 3 heterocycles. The summed E-state index contributed by atoms with van der Waals surface area (Å²) in [6, 6.07) is 30.7. The van der Waals surface area contributed by atoms with Crippen LogP contribution in [0.1, 0.15) is 64.0 Å². The molecule has 50 heavy (non-hydrogen) atoms. The summed E-state index contributed by atoms with van der Waals surface area (Å²) in [5.74, 6) is 0.974. The zero-order valence-corrected chi connectivity index (χ0v) is 29.5. The van der Waals surface area contributed by atoms with Crippen molar-refractivity contribution in [2.45, 2.75) is 77.7 Å². The van der Waals surface area contributed by atoms with Crippen LogP contribution in [-0.2, 0) is 25.0 Å². The highest BCUT2D eigenvalue weighted by Gasteiger charge is 2.43. The number of anilines is 1. The molecule has 9 nitrogen and oxygen atoms in total. The van der Waals surface area contributed by atoms with Crippen LogP contribution in [0.25, 0.3) is 22.2 Å². The Hall–Kier alpha value is -5.05. The summed E-state index contributed by atoms with van der Waals surface area (Å²) < 4.78 is 20.1. The van der Waals surface area contributed by atoms with Gasteiger partial charge >= 0.3 is 6.09 Å². The maximum atomic E-state index is 12.7. The van der Waals surface area contributed by atoms with Gasteiger partial charge in [-0.05, 0) is 81.5 Å². The predicted octanol–water partition coefficient (Wildman–Crippen LogP) is 8.78. The van der Waals surface area contributed by atoms with Gasteiger partial charge in [0, 0.05) is 37.6 Å². The first-order valence-corrected chi connectivity index (χ1v) is 17.7. The van der Waals surface area contributed by atoms with Crippen molar-refractivity contribution in [3.8, 4) is 23.0 Å². The predicted molar refractivity (Wildman–Crippen MR) is 196 cm³/mol. The number of carbonyl (C=O) groups excluding carboxylic acids is 1. The van der Waals surface area contributed by atoms with E-state index in [0.29, 0.717) is 31.0 Å². The fourth-order valence-corrected chi connectivity index (χ4v) is 7.32. The molecular formula is C41H47N5O4. The standard InChI is InChI=1S/C41H47N5O4/c1-40(2,3)50-39(47)46-25-24-41(28-46)22-20-31(21-23-41)42-34-17-11-16-32-36(44-45(4)37(32)34)33-18-19-35(48-26-29-12-7-5-8-13-29)43-38(33)49-27-30-14-9-6-10-15-30/h5-19,31,42H,20-28H2,1-4H3. The van der Waals surface area contributed by atoms with E-state index in [0.717, 1.165) is 84.2 Å². The molecule has 1 aliphatic carbocycles. The average Bonchev–Trinajstić information content (AvgIpc) is 3.69. The fourth-order valence-electron chi connectivity index (χ4n) is 7.32. The number of rotatable bonds is 9. The highest BCUT2D eigenvalue weighted by molar-refractivity contribution is 6.00. The van der Waals surface area contributed by atoms with Crippen molar-refractivity contribution < 1.29 is 19.0 Å². The third-order valence-electron chi connectivity index (χ3n) is 9.90. The van der Waals surface area contributed by atoms with Gasteiger partial charge in [-0.2, -0.15) is 10.1 Å². The Kier molecular flexibility index (Phi) is 9.40. The number of carbonyl (C=O) groups is 1. The molecule has 1 saturated carbocycles. The summed E-state index contributed by atoms with van der Waals surface area (Å²) in [6.45, 7) is 8.12. The Balaban J connectivity index is 1.09. The molecule has 9 heteroatoms. The zero-order chi connectivity index (χ0) is 34.7. The van der Waals surface area contributed by atoms with E-state index in [9.17, 15) is 4.79 Å². The molecule has 3 aromatic carbocycles. The molecule has 260 valence electrons. The SMILES string of the molecule is Cn1nc(-c2ccc(OCc3ccccc3)nc2OCc2ccccc2)c2cccc(NC3CCC4(CC3)CCN(C(=O)OC(C)(C)C)C4)c21. The monoisotopic (exact) mass is 673 g/mol. The van der Waals surface area contributed by atoms with Gasteiger partial charge in [0.1, 0.15) is 24.5 Å². The number of hydrogen-bond donors (Lipinski definition) is 1. The number of pyridine rings is 1. The average molecular weight is 674 g/mol. The van der Waals surface area contributed by atoms with Crippen LogP contribution in [0.3, 0.4) is 0 Å². The second-order valence-electron chi connectivity index (χ2n) is 14.8. The number of benzene rings is 3. The van der Waals surface area contributed by atoms with E-state index in [4.69, 9.17) is 24.3 Å². The molecule has 0 unspecified atom stereocenters. The van der Waals surface area contributed by atoms with E-state index in [1.165, 1.54) is 0 Å². The summed E-state index contributed by atoms with van der Waals surface area (Å²) in [5, 5.41) is 9.92. The van der Waals surface area contributed by atoms with E-state index >= 15 is 0 Å². The minimum absolute atomic E-state index is 0.181. The zero-order valence-electron chi connectivity index (χ0n) is 29.5. The van der Waals surface area contributed by atoms with E-state index in [-0.39, 0.29) is 11.5 Å². The number of hydrogen-bond acceptors (Lipinski definition) is 7. The van der Waals surface area contributed by atoms with Gasteiger partial charge in [0.2, 0.25) is 11.8 Å². The van der Waals surface area contributed by atoms with Crippen molar-refractivity contribution >= 4 is 22.7 Å². The van der Waals surface area contributed by atoms with Crippen molar-refractivity contribution in [2.75, 3.05) is 18.4 Å². The molecule has 0 bridgehead atoms. The highest BCUT2D eigenvalue weighted by atomic mass is 16.6. The molecule has 2 fully saturated rings. The van der Waals surface area contributed by atoms with Gasteiger partial charge in [-0.15, -0.1) is 0 Å². The molecular weight excluding hydrogens is 626 g/mol. The van der Waals surface area contributed by atoms with Gasteiger partial charge in [0.25, 0.3) is 0 Å². The molecule has 2 aromatic heterocycles. The first kappa shape index (κ1) is 33.4. The summed E-state index contributed by atoms with van der Waals surface area (Å²) in [6.07, 6.45) is 5.13. The second-order valence-corrected chi connectivity index (χ2v) is 14.8. The topological polar surface area (TPSA) is 90.7 Å². The lowest BCUT2D eigenvalue weighted by Gasteiger charge is -2.38. The van der Waals surface area contributed by atoms with Crippen molar-refractivity contribution in [3.63, 3.8) is 0 Å². The quantitative estimate of drug-likeness (QED) is 0.167. The number of ether oxygens (including phenoxy) is 3. The largest absolute Gasteiger partial charge is 0.473 e. The number of para-hydroxylation sites is 1. The van der Waals surface area contributed by atoms with Crippen molar-refractivity contribution in [2.24, 2.45) is 12.5 Å². The first-order chi connectivity index (χ1) is 24.1. The van der Waals surface area contributed by atoms with E-state index < -0.39 is 5.60 Å². The van der Waals surface area contributed by atoms with Gasteiger partial charge in [0.15, 0.2) is 0 Å². The lowest BCUT2D eigenvalue weighted by Crippen LogP contribution is -2.39. The third-order valence-corrected chi connectivity index (χ3v) is 9.90. The Labute approximate surface area is 294 Å². The smallest absolute Gasteiger partial charge is 0.410 e. The minimum Gasteiger partial charge on any atom is -0.473 e. The molecule has 0 atom stereocenters. The highest BCUT2D eigenvalue weighted by Crippen LogP contribution is 2.45. The van der Waals surface area contributed by atoms with Gasteiger partial charge < -0.3 is 24.4 Å². The van der Waals surface area contributed by atoms with Crippen LogP contribution in [0.15, 0.2) is 91.0 Å². The number of nitrogens with zero attached hydrogens (tertiary/aromatic N) is 4. The molecule has 1 aliphatic heterocycles. The van der Waals surface area contributed by atoms with Crippen LogP contribution < -0.4 is 14.8 Å². The number of likely N-dealkylation sites (tertiary alicyclic amines) is 1. The molecule has 1 N–H and O–H groups in total. The maximum Gasteiger partial charge on any atom is 0.410 e. The van der Waals surface area contributed by atoms with Crippen LogP contribution in [0.2, 0.25) is 0 Å². The van der Waals surface area contributed by atoms with Crippen molar-refractivity contribution in [3.05, 3.63) is 102 Å². The molecule has 7 rings (SSSR count). The van der Waals surface area contributed by atoms with E-state index in [1.807, 2.05) is 110 Å². The lowest BCUT2D eigenvalue weighted by atomic mass is 9.72. The Morgan fingerprint density at radius 3 is 2.22 bits per heavy atom. The van der Waals surface area contributed by atoms with E-state index in [1.54, 1.807) is 0 Å². The Morgan fingerprint density at radius 2 is 1.54 bits per heavy atom. The maximum absolute atomic E-state index is 12.7. The number of aromatic nitrogens is 3. The summed E-state index contributed by atoms with van der Waals surface area (Å²) in [7, 11) is 1.99. The van der Waals surface area contributed by atoms with Crippen molar-refractivity contribution in [1.82, 2.24) is 19.7 Å². The molecule has 2 aliphatic rings. The molecule has 5 aromatic rings. The number of fused-ring (bicyclic) bond motifs is 1. The van der Waals surface area contributed by atoms with Gasteiger partial charge in [0.05, 0.1) is 16.8 Å². The van der Waals surface area contributed by atoms with Crippen LogP contribution >= 0.6 is 0 Å². The van der Waals surface area contributed by atoms with Gasteiger partial charge in [-0.1, -0.05) is 72.8 Å². The summed E-state index contributed by atoms with van der Waals surface area (Å²) in [5.41, 5.74) is 5.55. The molecule has 1 amide bonds. The van der Waals surface area contributed by atoms with Gasteiger partial charge in [-0.3, -0.25) is 4.68 Å². The third kappa shape index (κ3) is 7.57. The minimum atomic E-state index is -0.477. The molecule has 0 radical (unpaired) electrons. The van der Waals surface area contributed by atoms with Crippen LogP contribution in [0.4, 0.5) is 10.5 Å². The fraction of sp³-hybridized carbons (Fsp3) is 0.390. The number of amides is 1. The summed E-state index contributed by atoms with van der Waals surface area (Å²) >= 11 is 0. The molecule has 1 saturated heterocycles. The van der Waals surface area contributed by atoms with Crippen LogP contribution in [-0.4, -0.2) is 50.5 Å². The molecule has 1 spiro atoms. The second kappa shape index (κ2) is 14.1. The van der Waals surface area contributed by atoms with E-state index in [2.05, 4.69) is 23.5 Å². The Morgan fingerprint density at radius 1 is 0.860 bits per heavy atom. The van der Waals surface area contributed by atoms with Crippen molar-refractivity contribution in [1.29, 1.82) is 0 Å². The normalized spacial score (nSPS) is 19.1. The lowest BCUT2D eigenvalue weighted by molar-refractivity contribution is 0.0261. The Bertz CT molecular complexity index is 1930. The summed E-state index contributed by atoms with van der Waals surface area (Å²) in [4.78, 5) is 19.5. The number of nitrogens with one attached hydrogen (secondary N) is 1. The van der Waals surface area contributed by atoms with Gasteiger partial charge in [-0.25, -0.2) is 4.79 Å².